The van der Waals surface area contributed by atoms with Crippen LogP contribution in [0.4, 0.5) is 16.6 Å². The molecular weight excluding hydrogens is 374 g/mol. The van der Waals surface area contributed by atoms with Crippen LogP contribution in [-0.2, 0) is 9.47 Å². The van der Waals surface area contributed by atoms with E-state index in [-0.39, 0.29) is 5.95 Å². The smallest absolute Gasteiger partial charge is 0.419 e. The molecule has 0 aromatic carbocycles. The number of ether oxygens (including phenoxy) is 2. The SMILES string of the molecule is CC(C)(C)OC(=O)n1cccc1-c1cnc2nc(N)nc(N3CCOCC3)c2n1. The van der Waals surface area contributed by atoms with Crippen molar-refractivity contribution in [3.63, 3.8) is 0 Å². The van der Waals surface area contributed by atoms with Gasteiger partial charge in [0.15, 0.2) is 17.0 Å². The van der Waals surface area contributed by atoms with E-state index in [1.165, 1.54) is 4.57 Å². The van der Waals surface area contributed by atoms with Gasteiger partial charge in [0.2, 0.25) is 5.95 Å². The molecule has 0 saturated carbocycles. The van der Waals surface area contributed by atoms with E-state index < -0.39 is 11.7 Å². The lowest BCUT2D eigenvalue weighted by Gasteiger charge is -2.28. The van der Waals surface area contributed by atoms with Gasteiger partial charge in [0.25, 0.3) is 0 Å². The van der Waals surface area contributed by atoms with Crippen molar-refractivity contribution < 1.29 is 14.3 Å². The van der Waals surface area contributed by atoms with Crippen LogP contribution in [0.15, 0.2) is 24.5 Å². The number of nitrogens with two attached hydrogens (primary N) is 1. The second-order valence-corrected chi connectivity index (χ2v) is 7.68. The van der Waals surface area contributed by atoms with Gasteiger partial charge < -0.3 is 20.1 Å². The van der Waals surface area contributed by atoms with Crippen molar-refractivity contribution in [2.75, 3.05) is 36.9 Å². The Kier molecular flexibility index (Phi) is 4.79. The first kappa shape index (κ1) is 19.1. The molecule has 29 heavy (non-hydrogen) atoms. The number of carbonyl (C=O) groups is 1. The average molecular weight is 397 g/mol. The molecule has 0 aliphatic carbocycles. The summed E-state index contributed by atoms with van der Waals surface area (Å²) in [7, 11) is 0. The fourth-order valence-corrected chi connectivity index (χ4v) is 3.09. The van der Waals surface area contributed by atoms with Crippen molar-refractivity contribution in [3.05, 3.63) is 24.5 Å². The molecule has 0 atom stereocenters. The van der Waals surface area contributed by atoms with Gasteiger partial charge in [-0.05, 0) is 32.9 Å². The highest BCUT2D eigenvalue weighted by molar-refractivity contribution is 5.86. The number of carbonyl (C=O) groups excluding carboxylic acids is 1. The molecule has 0 bridgehead atoms. The summed E-state index contributed by atoms with van der Waals surface area (Å²) in [6.45, 7) is 8.00. The van der Waals surface area contributed by atoms with Crippen molar-refractivity contribution in [1.29, 1.82) is 0 Å². The van der Waals surface area contributed by atoms with E-state index in [2.05, 4.69) is 19.9 Å². The third-order valence-corrected chi connectivity index (χ3v) is 4.32. The Hall–Kier alpha value is -3.27. The highest BCUT2D eigenvalue weighted by Crippen LogP contribution is 2.26. The van der Waals surface area contributed by atoms with Crippen LogP contribution in [0.1, 0.15) is 20.8 Å². The highest BCUT2D eigenvalue weighted by atomic mass is 16.6. The minimum atomic E-state index is -0.609. The summed E-state index contributed by atoms with van der Waals surface area (Å²) < 4.78 is 12.3. The zero-order valence-corrected chi connectivity index (χ0v) is 16.6. The molecular formula is C19H23N7O3. The quantitative estimate of drug-likeness (QED) is 0.692. The second kappa shape index (κ2) is 7.28. The van der Waals surface area contributed by atoms with Gasteiger partial charge in [-0.1, -0.05) is 0 Å². The van der Waals surface area contributed by atoms with Crippen LogP contribution in [0.2, 0.25) is 0 Å². The fraction of sp³-hybridized carbons (Fsp3) is 0.421. The van der Waals surface area contributed by atoms with Gasteiger partial charge in [-0.2, -0.15) is 9.97 Å². The van der Waals surface area contributed by atoms with Crippen LogP contribution in [0.25, 0.3) is 22.6 Å². The number of nitrogens with zero attached hydrogens (tertiary/aromatic N) is 6. The summed E-state index contributed by atoms with van der Waals surface area (Å²) in [5.41, 5.74) is 7.27. The topological polar surface area (TPSA) is 121 Å². The van der Waals surface area contributed by atoms with Crippen LogP contribution in [0.5, 0.6) is 0 Å². The molecule has 0 spiro atoms. The summed E-state index contributed by atoms with van der Waals surface area (Å²) in [6.07, 6.45) is 2.72. The van der Waals surface area contributed by atoms with Crippen LogP contribution >= 0.6 is 0 Å². The summed E-state index contributed by atoms with van der Waals surface area (Å²) >= 11 is 0. The minimum absolute atomic E-state index is 0.137. The van der Waals surface area contributed by atoms with Gasteiger partial charge in [0.05, 0.1) is 25.1 Å². The number of hydrogen-bond acceptors (Lipinski definition) is 9. The molecule has 1 fully saturated rings. The van der Waals surface area contributed by atoms with E-state index in [1.54, 1.807) is 24.5 Å². The largest absolute Gasteiger partial charge is 0.443 e. The number of aromatic nitrogens is 5. The number of nitrogen functional groups attached to an aromatic ring is 1. The first-order valence-corrected chi connectivity index (χ1v) is 9.36. The van der Waals surface area contributed by atoms with E-state index in [1.807, 2.05) is 20.8 Å². The molecule has 3 aromatic heterocycles. The Morgan fingerprint density at radius 2 is 1.97 bits per heavy atom. The second-order valence-electron chi connectivity index (χ2n) is 7.68. The Balaban J connectivity index is 1.78. The van der Waals surface area contributed by atoms with Crippen molar-refractivity contribution in [2.45, 2.75) is 26.4 Å². The number of hydrogen-bond donors (Lipinski definition) is 1. The predicted molar refractivity (Wildman–Crippen MR) is 108 cm³/mol. The maximum absolute atomic E-state index is 12.6. The maximum Gasteiger partial charge on any atom is 0.419 e. The lowest BCUT2D eigenvalue weighted by Crippen LogP contribution is -2.37. The van der Waals surface area contributed by atoms with Crippen LogP contribution in [0, 0.1) is 0 Å². The Morgan fingerprint density at radius 3 is 2.69 bits per heavy atom. The first-order chi connectivity index (χ1) is 13.8. The monoisotopic (exact) mass is 397 g/mol. The van der Waals surface area contributed by atoms with Crippen molar-refractivity contribution in [1.82, 2.24) is 24.5 Å². The molecule has 1 aliphatic heterocycles. The molecule has 10 heteroatoms. The van der Waals surface area contributed by atoms with Crippen molar-refractivity contribution in [2.24, 2.45) is 0 Å². The van der Waals surface area contributed by atoms with Gasteiger partial charge in [-0.25, -0.2) is 14.8 Å². The molecule has 0 unspecified atom stereocenters. The molecule has 1 aliphatic rings. The Bertz CT molecular complexity index is 1050. The van der Waals surface area contributed by atoms with Crippen molar-refractivity contribution in [3.8, 4) is 11.4 Å². The van der Waals surface area contributed by atoms with Crippen molar-refractivity contribution >= 4 is 29.0 Å². The van der Waals surface area contributed by atoms with Crippen LogP contribution in [-0.4, -0.2) is 62.5 Å². The third kappa shape index (κ3) is 3.97. The fourth-order valence-electron chi connectivity index (χ4n) is 3.09. The number of fused-ring (bicyclic) bond motifs is 1. The van der Waals surface area contributed by atoms with Gasteiger partial charge in [0, 0.05) is 19.3 Å². The first-order valence-electron chi connectivity index (χ1n) is 9.36. The van der Waals surface area contributed by atoms with E-state index >= 15 is 0 Å². The number of anilines is 2. The maximum atomic E-state index is 12.6. The number of morpholine rings is 1. The predicted octanol–water partition coefficient (Wildman–Crippen LogP) is 2.09. The average Bonchev–Trinajstić information content (AvgIpc) is 3.16. The normalized spacial score (nSPS) is 14.9. The third-order valence-electron chi connectivity index (χ3n) is 4.32. The van der Waals surface area contributed by atoms with E-state index in [0.717, 1.165) is 0 Å². The Morgan fingerprint density at radius 1 is 1.21 bits per heavy atom. The lowest BCUT2D eigenvalue weighted by molar-refractivity contribution is 0.0540. The molecule has 0 radical (unpaired) electrons. The molecule has 4 rings (SSSR count). The summed E-state index contributed by atoms with van der Waals surface area (Å²) in [6, 6.07) is 3.54. The number of rotatable bonds is 2. The van der Waals surface area contributed by atoms with E-state index in [0.29, 0.717) is 54.7 Å². The van der Waals surface area contributed by atoms with Gasteiger partial charge >= 0.3 is 6.09 Å². The van der Waals surface area contributed by atoms with Gasteiger partial charge in [-0.15, -0.1) is 0 Å². The zero-order valence-electron chi connectivity index (χ0n) is 16.6. The standard InChI is InChI=1S/C19H23N7O3/c1-19(2,3)29-18(27)26-6-4-5-13(26)12-11-21-15-14(22-12)16(24-17(20)23-15)25-7-9-28-10-8-25/h4-6,11H,7-10H2,1-3H3,(H2,20,21,23,24). The van der Waals surface area contributed by atoms with Crippen LogP contribution < -0.4 is 10.6 Å². The molecule has 10 nitrogen and oxygen atoms in total. The molecule has 2 N–H and O–H groups in total. The molecule has 152 valence electrons. The molecule has 4 heterocycles. The minimum Gasteiger partial charge on any atom is -0.443 e. The summed E-state index contributed by atoms with van der Waals surface area (Å²) in [5, 5.41) is 0. The van der Waals surface area contributed by atoms with Gasteiger partial charge in [-0.3, -0.25) is 4.57 Å². The summed E-state index contributed by atoms with van der Waals surface area (Å²) in [4.78, 5) is 32.3. The van der Waals surface area contributed by atoms with E-state index in [4.69, 9.17) is 20.2 Å². The molecule has 3 aromatic rings. The molecule has 0 amide bonds. The summed E-state index contributed by atoms with van der Waals surface area (Å²) in [5.74, 6) is 0.749. The Labute approximate surface area is 167 Å². The van der Waals surface area contributed by atoms with Crippen LogP contribution in [0.3, 0.4) is 0 Å². The lowest BCUT2D eigenvalue weighted by atomic mass is 10.2. The van der Waals surface area contributed by atoms with Gasteiger partial charge in [0.1, 0.15) is 11.3 Å². The molecule has 1 saturated heterocycles. The van der Waals surface area contributed by atoms with E-state index in [9.17, 15) is 4.79 Å². The highest BCUT2D eigenvalue weighted by Gasteiger charge is 2.22. The zero-order chi connectivity index (χ0) is 20.6.